The summed E-state index contributed by atoms with van der Waals surface area (Å²) in [6.07, 6.45) is 1.82. The van der Waals surface area contributed by atoms with Crippen molar-refractivity contribution in [2.24, 2.45) is 0 Å². The van der Waals surface area contributed by atoms with Crippen molar-refractivity contribution in [3.8, 4) is 0 Å². The molecule has 1 heterocycles. The molecule has 0 N–H and O–H groups in total. The molecular formula is C11H7ClF2N2. The molecule has 0 saturated carbocycles. The normalized spacial score (nSPS) is 10.4. The van der Waals surface area contributed by atoms with Crippen molar-refractivity contribution in [3.05, 3.63) is 58.6 Å². The van der Waals surface area contributed by atoms with Gasteiger partial charge in [-0.15, -0.1) is 0 Å². The lowest BCUT2D eigenvalue weighted by atomic mass is 10.1. The Kier molecular flexibility index (Phi) is 3.10. The molecule has 0 aliphatic heterocycles. The quantitative estimate of drug-likeness (QED) is 0.754. The number of nitrogens with zero attached hydrogens (tertiary/aromatic N) is 2. The van der Waals surface area contributed by atoms with Crippen LogP contribution in [0.1, 0.15) is 11.3 Å². The van der Waals surface area contributed by atoms with Gasteiger partial charge in [-0.25, -0.2) is 18.7 Å². The zero-order valence-corrected chi connectivity index (χ0v) is 8.88. The van der Waals surface area contributed by atoms with Crippen LogP contribution in [0.5, 0.6) is 0 Å². The van der Waals surface area contributed by atoms with Gasteiger partial charge in [-0.05, 0) is 35.4 Å². The Bertz CT molecular complexity index is 497. The molecule has 0 atom stereocenters. The van der Waals surface area contributed by atoms with Gasteiger partial charge < -0.3 is 0 Å². The fourth-order valence-electron chi connectivity index (χ4n) is 1.39. The summed E-state index contributed by atoms with van der Waals surface area (Å²) in [6, 6.07) is 5.00. The molecule has 0 amide bonds. The van der Waals surface area contributed by atoms with Gasteiger partial charge in [0.05, 0.1) is 0 Å². The van der Waals surface area contributed by atoms with E-state index in [0.29, 0.717) is 17.7 Å². The van der Waals surface area contributed by atoms with Gasteiger partial charge >= 0.3 is 0 Å². The lowest BCUT2D eigenvalue weighted by molar-refractivity contribution is 0.580. The van der Waals surface area contributed by atoms with Crippen LogP contribution in [0.15, 0.2) is 30.5 Å². The van der Waals surface area contributed by atoms with Gasteiger partial charge in [0.1, 0.15) is 11.6 Å². The van der Waals surface area contributed by atoms with E-state index >= 15 is 0 Å². The van der Waals surface area contributed by atoms with Crippen molar-refractivity contribution < 1.29 is 8.78 Å². The monoisotopic (exact) mass is 240 g/mol. The van der Waals surface area contributed by atoms with Gasteiger partial charge in [0, 0.05) is 24.4 Å². The van der Waals surface area contributed by atoms with E-state index in [1.54, 1.807) is 6.07 Å². The third kappa shape index (κ3) is 2.73. The number of hydrogen-bond donors (Lipinski definition) is 0. The van der Waals surface area contributed by atoms with Crippen LogP contribution >= 0.6 is 11.6 Å². The maximum atomic E-state index is 12.9. The smallest absolute Gasteiger partial charge is 0.222 e. The molecule has 2 aromatic rings. The van der Waals surface area contributed by atoms with E-state index in [0.717, 1.165) is 6.07 Å². The van der Waals surface area contributed by atoms with Gasteiger partial charge in [0.2, 0.25) is 5.28 Å². The van der Waals surface area contributed by atoms with Crippen LogP contribution in [0, 0.1) is 11.6 Å². The second-order valence-electron chi connectivity index (χ2n) is 3.27. The van der Waals surface area contributed by atoms with Gasteiger partial charge in [-0.2, -0.15) is 0 Å². The molecule has 2 nitrogen and oxygen atoms in total. The van der Waals surface area contributed by atoms with E-state index in [-0.39, 0.29) is 5.28 Å². The Labute approximate surface area is 95.9 Å². The van der Waals surface area contributed by atoms with Crippen LogP contribution in [0.2, 0.25) is 5.28 Å². The average Bonchev–Trinajstić information content (AvgIpc) is 2.15. The summed E-state index contributed by atoms with van der Waals surface area (Å²) in [6.45, 7) is 0. The molecule has 2 rings (SSSR count). The van der Waals surface area contributed by atoms with Crippen LogP contribution in [0.4, 0.5) is 8.78 Å². The summed E-state index contributed by atoms with van der Waals surface area (Å²) in [5.74, 6) is -1.20. The Morgan fingerprint density at radius 3 is 2.44 bits per heavy atom. The maximum Gasteiger partial charge on any atom is 0.222 e. The molecule has 0 aliphatic carbocycles. The molecule has 0 spiro atoms. The molecule has 0 aliphatic rings. The third-order valence-electron chi connectivity index (χ3n) is 1.99. The fraction of sp³-hybridized carbons (Fsp3) is 0.0909. The molecule has 82 valence electrons. The molecule has 5 heteroatoms. The lowest BCUT2D eigenvalue weighted by Crippen LogP contribution is -1.95. The highest BCUT2D eigenvalue weighted by molar-refractivity contribution is 6.28. The Morgan fingerprint density at radius 1 is 1.12 bits per heavy atom. The minimum atomic E-state index is -0.602. The summed E-state index contributed by atoms with van der Waals surface area (Å²) in [7, 11) is 0. The van der Waals surface area contributed by atoms with Gasteiger partial charge in [-0.1, -0.05) is 0 Å². The minimum absolute atomic E-state index is 0.120. The molecule has 1 aromatic carbocycles. The summed E-state index contributed by atoms with van der Waals surface area (Å²) in [4.78, 5) is 7.66. The highest BCUT2D eigenvalue weighted by Crippen LogP contribution is 2.12. The average molecular weight is 241 g/mol. The first-order valence-electron chi connectivity index (χ1n) is 4.56. The summed E-state index contributed by atoms with van der Waals surface area (Å²) >= 11 is 5.60. The first kappa shape index (κ1) is 11.0. The molecule has 0 fully saturated rings. The lowest BCUT2D eigenvalue weighted by Gasteiger charge is -2.02. The van der Waals surface area contributed by atoms with Gasteiger partial charge in [0.15, 0.2) is 0 Å². The minimum Gasteiger partial charge on any atom is -0.227 e. The summed E-state index contributed by atoms with van der Waals surface area (Å²) < 4.78 is 25.8. The number of hydrogen-bond acceptors (Lipinski definition) is 2. The molecular weight excluding hydrogens is 234 g/mol. The van der Waals surface area contributed by atoms with Crippen molar-refractivity contribution in [2.45, 2.75) is 6.42 Å². The van der Waals surface area contributed by atoms with E-state index in [1.807, 2.05) is 0 Å². The van der Waals surface area contributed by atoms with Crippen molar-refractivity contribution in [2.75, 3.05) is 0 Å². The van der Waals surface area contributed by atoms with Gasteiger partial charge in [0.25, 0.3) is 0 Å². The molecule has 1 aromatic heterocycles. The molecule has 0 radical (unpaired) electrons. The predicted octanol–water partition coefficient (Wildman–Crippen LogP) is 3.00. The number of halogens is 3. The fourth-order valence-corrected chi connectivity index (χ4v) is 1.55. The van der Waals surface area contributed by atoms with Gasteiger partial charge in [-0.3, -0.25) is 0 Å². The highest BCUT2D eigenvalue weighted by atomic mass is 35.5. The number of aromatic nitrogens is 2. The van der Waals surface area contributed by atoms with Crippen LogP contribution in [-0.4, -0.2) is 9.97 Å². The van der Waals surface area contributed by atoms with E-state index in [2.05, 4.69) is 9.97 Å². The van der Waals surface area contributed by atoms with Crippen LogP contribution < -0.4 is 0 Å². The van der Waals surface area contributed by atoms with E-state index < -0.39 is 11.6 Å². The predicted molar refractivity (Wildman–Crippen MR) is 56.2 cm³/mol. The molecule has 0 unspecified atom stereocenters. The molecule has 0 bridgehead atoms. The standard InChI is InChI=1S/C11H7ClF2N2/c12-11-15-2-1-10(16-11)5-7-3-8(13)6-9(14)4-7/h1-4,6H,5H2. The topological polar surface area (TPSA) is 25.8 Å². The zero-order valence-electron chi connectivity index (χ0n) is 8.12. The van der Waals surface area contributed by atoms with E-state index in [1.165, 1.54) is 18.3 Å². The number of rotatable bonds is 2. The summed E-state index contributed by atoms with van der Waals surface area (Å²) in [5.41, 5.74) is 1.12. The Morgan fingerprint density at radius 2 is 1.81 bits per heavy atom. The zero-order chi connectivity index (χ0) is 11.5. The highest BCUT2D eigenvalue weighted by Gasteiger charge is 2.03. The molecule has 0 saturated heterocycles. The van der Waals surface area contributed by atoms with Crippen molar-refractivity contribution in [1.29, 1.82) is 0 Å². The van der Waals surface area contributed by atoms with Crippen molar-refractivity contribution >= 4 is 11.6 Å². The van der Waals surface area contributed by atoms with Crippen molar-refractivity contribution in [3.63, 3.8) is 0 Å². The van der Waals surface area contributed by atoms with Crippen LogP contribution in [0.3, 0.4) is 0 Å². The first-order chi connectivity index (χ1) is 7.63. The van der Waals surface area contributed by atoms with Crippen molar-refractivity contribution in [1.82, 2.24) is 9.97 Å². The largest absolute Gasteiger partial charge is 0.227 e. The van der Waals surface area contributed by atoms with E-state index in [4.69, 9.17) is 11.6 Å². The maximum absolute atomic E-state index is 12.9. The molecule has 16 heavy (non-hydrogen) atoms. The SMILES string of the molecule is Fc1cc(F)cc(Cc2ccnc(Cl)n2)c1. The second kappa shape index (κ2) is 4.53. The van der Waals surface area contributed by atoms with Crippen LogP contribution in [-0.2, 0) is 6.42 Å². The second-order valence-corrected chi connectivity index (χ2v) is 3.61. The third-order valence-corrected chi connectivity index (χ3v) is 2.17. The Balaban J connectivity index is 2.27. The summed E-state index contributed by atoms with van der Waals surface area (Å²) in [5, 5.41) is 0.120. The van der Waals surface area contributed by atoms with E-state index in [9.17, 15) is 8.78 Å². The first-order valence-corrected chi connectivity index (χ1v) is 4.94. The van der Waals surface area contributed by atoms with Crippen LogP contribution in [0.25, 0.3) is 0 Å². The number of benzene rings is 1. The Hall–Kier alpha value is -1.55.